The fourth-order valence-electron chi connectivity index (χ4n) is 3.36. The second-order valence-electron chi connectivity index (χ2n) is 6.72. The monoisotopic (exact) mass is 403 g/mol. The Morgan fingerprint density at radius 3 is 2.40 bits per heavy atom. The third-order valence-corrected chi connectivity index (χ3v) is 4.86. The molecule has 0 saturated carbocycles. The highest BCUT2D eigenvalue weighted by atomic mass is 16.5. The first-order chi connectivity index (χ1) is 14.5. The van der Waals surface area contributed by atoms with E-state index in [4.69, 9.17) is 9.47 Å². The van der Waals surface area contributed by atoms with Crippen molar-refractivity contribution < 1.29 is 14.3 Å². The SMILES string of the molecule is COc1ccc(-c2c(C)nn3c(C)c(C(=O)Nc4ccccc4)nnc23)cc1OC. The molecule has 0 aliphatic heterocycles. The number of carbonyl (C=O) groups is 1. The van der Waals surface area contributed by atoms with Gasteiger partial charge in [0.05, 0.1) is 31.2 Å². The van der Waals surface area contributed by atoms with Crippen LogP contribution >= 0.6 is 0 Å². The molecule has 4 aromatic rings. The van der Waals surface area contributed by atoms with Crippen LogP contribution in [0, 0.1) is 13.8 Å². The molecule has 0 radical (unpaired) electrons. The zero-order valence-corrected chi connectivity index (χ0v) is 17.1. The fraction of sp³-hybridized carbons (Fsp3) is 0.182. The minimum atomic E-state index is -0.339. The van der Waals surface area contributed by atoms with Gasteiger partial charge in [-0.05, 0) is 43.7 Å². The Balaban J connectivity index is 1.77. The van der Waals surface area contributed by atoms with Gasteiger partial charge in [0.1, 0.15) is 0 Å². The van der Waals surface area contributed by atoms with Crippen LogP contribution in [0.15, 0.2) is 48.5 Å². The Bertz CT molecular complexity index is 1230. The largest absolute Gasteiger partial charge is 0.493 e. The number of methoxy groups -OCH3 is 2. The molecule has 0 bridgehead atoms. The van der Waals surface area contributed by atoms with E-state index in [0.29, 0.717) is 28.5 Å². The van der Waals surface area contributed by atoms with Crippen molar-refractivity contribution in [2.24, 2.45) is 0 Å². The predicted octanol–water partition coefficient (Wildman–Crippen LogP) is 3.68. The Kier molecular flexibility index (Phi) is 5.05. The van der Waals surface area contributed by atoms with Crippen LogP contribution in [-0.4, -0.2) is 39.9 Å². The summed E-state index contributed by atoms with van der Waals surface area (Å²) in [6, 6.07) is 14.8. The maximum absolute atomic E-state index is 12.7. The number of anilines is 1. The molecule has 0 fully saturated rings. The summed E-state index contributed by atoms with van der Waals surface area (Å²) in [5, 5.41) is 15.9. The molecule has 30 heavy (non-hydrogen) atoms. The highest BCUT2D eigenvalue weighted by Crippen LogP contribution is 2.35. The van der Waals surface area contributed by atoms with Crippen molar-refractivity contribution in [3.8, 4) is 22.6 Å². The molecule has 1 N–H and O–H groups in total. The van der Waals surface area contributed by atoms with Crippen LogP contribution in [-0.2, 0) is 0 Å². The number of rotatable bonds is 5. The molecule has 4 rings (SSSR count). The first kappa shape index (κ1) is 19.4. The number of carbonyl (C=O) groups excluding carboxylic acids is 1. The normalized spacial score (nSPS) is 10.8. The minimum Gasteiger partial charge on any atom is -0.493 e. The molecule has 1 amide bonds. The number of aryl methyl sites for hydroxylation is 2. The minimum absolute atomic E-state index is 0.215. The van der Waals surface area contributed by atoms with Gasteiger partial charge in [0.15, 0.2) is 22.8 Å². The molecule has 2 aromatic carbocycles. The molecule has 8 nitrogen and oxygen atoms in total. The molecular weight excluding hydrogens is 382 g/mol. The van der Waals surface area contributed by atoms with Crippen LogP contribution in [0.1, 0.15) is 21.9 Å². The van der Waals surface area contributed by atoms with Gasteiger partial charge < -0.3 is 14.8 Å². The first-order valence-electron chi connectivity index (χ1n) is 9.35. The van der Waals surface area contributed by atoms with Crippen LogP contribution in [0.3, 0.4) is 0 Å². The van der Waals surface area contributed by atoms with E-state index in [9.17, 15) is 4.79 Å². The Labute approximate surface area is 173 Å². The second-order valence-corrected chi connectivity index (χ2v) is 6.72. The van der Waals surface area contributed by atoms with Crippen LogP contribution < -0.4 is 14.8 Å². The van der Waals surface area contributed by atoms with E-state index in [2.05, 4.69) is 20.6 Å². The molecule has 0 aliphatic rings. The van der Waals surface area contributed by atoms with E-state index >= 15 is 0 Å². The van der Waals surface area contributed by atoms with Crippen molar-refractivity contribution in [2.45, 2.75) is 13.8 Å². The maximum Gasteiger partial charge on any atom is 0.278 e. The van der Waals surface area contributed by atoms with Gasteiger partial charge in [-0.25, -0.2) is 4.52 Å². The van der Waals surface area contributed by atoms with Gasteiger partial charge in [-0.15, -0.1) is 10.2 Å². The van der Waals surface area contributed by atoms with Gasteiger partial charge in [-0.1, -0.05) is 24.3 Å². The van der Waals surface area contributed by atoms with Gasteiger partial charge in [-0.3, -0.25) is 4.79 Å². The highest BCUT2D eigenvalue weighted by Gasteiger charge is 2.21. The summed E-state index contributed by atoms with van der Waals surface area (Å²) >= 11 is 0. The van der Waals surface area contributed by atoms with Crippen molar-refractivity contribution in [1.82, 2.24) is 19.8 Å². The number of amides is 1. The number of fused-ring (bicyclic) bond motifs is 1. The first-order valence-corrected chi connectivity index (χ1v) is 9.35. The number of nitrogens with one attached hydrogen (secondary N) is 1. The van der Waals surface area contributed by atoms with Crippen LogP contribution in [0.2, 0.25) is 0 Å². The van der Waals surface area contributed by atoms with E-state index < -0.39 is 0 Å². The lowest BCUT2D eigenvalue weighted by molar-refractivity contribution is 0.102. The highest BCUT2D eigenvalue weighted by molar-refractivity contribution is 6.03. The quantitative estimate of drug-likeness (QED) is 0.547. The van der Waals surface area contributed by atoms with Crippen molar-refractivity contribution in [3.63, 3.8) is 0 Å². The summed E-state index contributed by atoms with van der Waals surface area (Å²) < 4.78 is 12.4. The molecule has 0 saturated heterocycles. The summed E-state index contributed by atoms with van der Waals surface area (Å²) in [6.07, 6.45) is 0. The lowest BCUT2D eigenvalue weighted by Gasteiger charge is -2.10. The van der Waals surface area contributed by atoms with Gasteiger partial charge >= 0.3 is 0 Å². The number of aromatic nitrogens is 4. The summed E-state index contributed by atoms with van der Waals surface area (Å²) in [4.78, 5) is 12.7. The third-order valence-electron chi connectivity index (χ3n) is 4.86. The van der Waals surface area contributed by atoms with Gasteiger partial charge in [-0.2, -0.15) is 5.10 Å². The number of para-hydroxylation sites is 1. The van der Waals surface area contributed by atoms with Gasteiger partial charge in [0.25, 0.3) is 5.91 Å². The van der Waals surface area contributed by atoms with Gasteiger partial charge in [0.2, 0.25) is 0 Å². The topological polar surface area (TPSA) is 90.6 Å². The molecular formula is C22H21N5O3. The lowest BCUT2D eigenvalue weighted by atomic mass is 10.1. The van der Waals surface area contributed by atoms with Crippen molar-refractivity contribution in [2.75, 3.05) is 19.5 Å². The Morgan fingerprint density at radius 1 is 0.967 bits per heavy atom. The van der Waals surface area contributed by atoms with E-state index in [0.717, 1.165) is 16.8 Å². The van der Waals surface area contributed by atoms with Crippen LogP contribution in [0.5, 0.6) is 11.5 Å². The smallest absolute Gasteiger partial charge is 0.278 e. The standard InChI is InChI=1S/C22H21N5O3/c1-13-19(15-10-11-17(29-3)18(12-15)30-4)21-25-24-20(14(2)27(21)26-13)22(28)23-16-8-6-5-7-9-16/h5-12H,1-4H3,(H,23,28). The predicted molar refractivity (Wildman–Crippen MR) is 113 cm³/mol. The molecule has 0 atom stereocenters. The summed E-state index contributed by atoms with van der Waals surface area (Å²) in [5.74, 6) is 0.906. The van der Waals surface area contributed by atoms with E-state index in [1.807, 2.05) is 55.5 Å². The Hall–Kier alpha value is -3.94. The van der Waals surface area contributed by atoms with E-state index in [1.165, 1.54) is 0 Å². The second kappa shape index (κ2) is 7.82. The molecule has 0 spiro atoms. The average molecular weight is 403 g/mol. The Morgan fingerprint density at radius 2 is 1.70 bits per heavy atom. The summed E-state index contributed by atoms with van der Waals surface area (Å²) in [7, 11) is 3.18. The molecule has 0 unspecified atom stereocenters. The summed E-state index contributed by atoms with van der Waals surface area (Å²) in [5.41, 5.74) is 4.52. The number of nitrogens with zero attached hydrogens (tertiary/aromatic N) is 4. The van der Waals surface area contributed by atoms with Crippen molar-refractivity contribution >= 4 is 17.2 Å². The molecule has 2 heterocycles. The van der Waals surface area contributed by atoms with E-state index in [1.54, 1.807) is 25.7 Å². The molecule has 152 valence electrons. The van der Waals surface area contributed by atoms with Crippen LogP contribution in [0.25, 0.3) is 16.8 Å². The third kappa shape index (κ3) is 3.32. The molecule has 0 aliphatic carbocycles. The maximum atomic E-state index is 12.7. The van der Waals surface area contributed by atoms with E-state index in [-0.39, 0.29) is 11.6 Å². The molecule has 2 aromatic heterocycles. The lowest BCUT2D eigenvalue weighted by Crippen LogP contribution is -2.18. The zero-order valence-electron chi connectivity index (χ0n) is 17.1. The number of hydrogen-bond donors (Lipinski definition) is 1. The average Bonchev–Trinajstić information content (AvgIpc) is 3.11. The number of hydrogen-bond acceptors (Lipinski definition) is 6. The number of ether oxygens (including phenoxy) is 2. The van der Waals surface area contributed by atoms with Crippen molar-refractivity contribution in [1.29, 1.82) is 0 Å². The van der Waals surface area contributed by atoms with Gasteiger partial charge in [0, 0.05) is 5.69 Å². The van der Waals surface area contributed by atoms with Crippen LogP contribution in [0.4, 0.5) is 5.69 Å². The molecule has 8 heteroatoms. The van der Waals surface area contributed by atoms with Crippen molar-refractivity contribution in [3.05, 3.63) is 65.6 Å². The number of benzene rings is 2. The summed E-state index contributed by atoms with van der Waals surface area (Å²) in [6.45, 7) is 3.69. The zero-order chi connectivity index (χ0) is 21.3. The fourth-order valence-corrected chi connectivity index (χ4v) is 3.36.